The number of amides is 2. The summed E-state index contributed by atoms with van der Waals surface area (Å²) in [6.45, 7) is 4.60. The highest BCUT2D eigenvalue weighted by atomic mass is 79.9. The number of carbonyl (C=O) groups is 2. The lowest BCUT2D eigenvalue weighted by atomic mass is 9.80. The number of imide groups is 1. The number of benzene rings is 2. The molecule has 1 aliphatic heterocycles. The predicted molar refractivity (Wildman–Crippen MR) is 99.6 cm³/mol. The van der Waals surface area contributed by atoms with Crippen molar-refractivity contribution in [2.45, 2.75) is 25.8 Å². The Labute approximate surface area is 156 Å². The van der Waals surface area contributed by atoms with Gasteiger partial charge < -0.3 is 0 Å². The Hall–Kier alpha value is -1.94. The summed E-state index contributed by atoms with van der Waals surface area (Å²) in [4.78, 5) is 27.5. The second-order valence-electron chi connectivity index (χ2n) is 7.30. The number of piperidine rings is 1. The highest BCUT2D eigenvalue weighted by molar-refractivity contribution is 9.10. The lowest BCUT2D eigenvalue weighted by Gasteiger charge is -2.29. The van der Waals surface area contributed by atoms with Gasteiger partial charge >= 0.3 is 0 Å². The molecule has 2 fully saturated rings. The van der Waals surface area contributed by atoms with Crippen LogP contribution in [0.15, 0.2) is 59.1 Å². The zero-order chi connectivity index (χ0) is 17.8. The van der Waals surface area contributed by atoms with Crippen LogP contribution in [0, 0.1) is 17.8 Å². The number of carbonyl (C=O) groups excluding carboxylic acids is 2. The maximum absolute atomic E-state index is 13.0. The fourth-order valence-electron chi connectivity index (χ4n) is 4.64. The molecule has 2 amide bonds. The van der Waals surface area contributed by atoms with Crippen molar-refractivity contribution in [1.82, 2.24) is 4.90 Å². The summed E-state index contributed by atoms with van der Waals surface area (Å²) in [7, 11) is 0. The van der Waals surface area contributed by atoms with Gasteiger partial charge in [-0.25, -0.2) is 0 Å². The Morgan fingerprint density at radius 1 is 1.00 bits per heavy atom. The van der Waals surface area contributed by atoms with Crippen molar-refractivity contribution >= 4 is 27.7 Å². The first-order valence-corrected chi connectivity index (χ1v) is 9.42. The molecule has 1 aliphatic carbocycles. The standard InChI is InChI=1S/C21H20BrNO2/c1-13(2)21(15-9-6-10-16(22)11-15)17-18(21)20(25)23(19(17)24)12-14-7-4-3-5-8-14/h3-11,13,17-18H,12H2,1-2H3. The molecule has 2 aliphatic rings. The number of hydrogen-bond donors (Lipinski definition) is 0. The van der Waals surface area contributed by atoms with E-state index < -0.39 is 0 Å². The van der Waals surface area contributed by atoms with Gasteiger partial charge in [-0.2, -0.15) is 0 Å². The van der Waals surface area contributed by atoms with E-state index in [-0.39, 0.29) is 35.0 Å². The molecule has 128 valence electrons. The fourth-order valence-corrected chi connectivity index (χ4v) is 5.03. The number of nitrogens with zero attached hydrogens (tertiary/aromatic N) is 1. The molecule has 1 saturated heterocycles. The summed E-state index contributed by atoms with van der Waals surface area (Å²) < 4.78 is 0.982. The van der Waals surface area contributed by atoms with Crippen LogP contribution in [0.2, 0.25) is 0 Å². The van der Waals surface area contributed by atoms with Crippen molar-refractivity contribution in [3.63, 3.8) is 0 Å². The summed E-state index contributed by atoms with van der Waals surface area (Å²) in [5.41, 5.74) is 1.72. The van der Waals surface area contributed by atoms with Crippen molar-refractivity contribution in [2.24, 2.45) is 17.8 Å². The summed E-state index contributed by atoms with van der Waals surface area (Å²) in [5.74, 6) is -0.264. The third kappa shape index (κ3) is 2.30. The zero-order valence-electron chi connectivity index (χ0n) is 14.3. The third-order valence-electron chi connectivity index (χ3n) is 5.78. The minimum Gasteiger partial charge on any atom is -0.278 e. The van der Waals surface area contributed by atoms with Crippen LogP contribution in [-0.2, 0) is 21.5 Å². The SMILES string of the molecule is CC(C)C1(c2cccc(Br)c2)C2C(=O)N(Cc3ccccc3)C(=O)C21. The molecule has 25 heavy (non-hydrogen) atoms. The van der Waals surface area contributed by atoms with Gasteiger partial charge in [-0.15, -0.1) is 0 Å². The molecule has 2 atom stereocenters. The van der Waals surface area contributed by atoms with E-state index in [0.29, 0.717) is 6.54 Å². The van der Waals surface area contributed by atoms with Crippen molar-refractivity contribution in [3.05, 3.63) is 70.2 Å². The van der Waals surface area contributed by atoms with E-state index in [9.17, 15) is 9.59 Å². The molecular formula is C21H20BrNO2. The molecular weight excluding hydrogens is 378 g/mol. The van der Waals surface area contributed by atoms with E-state index in [2.05, 4.69) is 35.8 Å². The summed E-state index contributed by atoms with van der Waals surface area (Å²) in [5, 5.41) is 0. The first-order valence-electron chi connectivity index (χ1n) is 8.63. The van der Waals surface area contributed by atoms with E-state index in [1.54, 1.807) is 0 Å². The molecule has 1 saturated carbocycles. The minimum atomic E-state index is -0.356. The van der Waals surface area contributed by atoms with Gasteiger partial charge in [0.1, 0.15) is 0 Å². The monoisotopic (exact) mass is 397 g/mol. The highest BCUT2D eigenvalue weighted by Crippen LogP contribution is 2.68. The third-order valence-corrected chi connectivity index (χ3v) is 6.27. The van der Waals surface area contributed by atoms with Gasteiger partial charge in [-0.3, -0.25) is 14.5 Å². The van der Waals surface area contributed by atoms with E-state index in [4.69, 9.17) is 0 Å². The minimum absolute atomic E-state index is 0.0208. The van der Waals surface area contributed by atoms with E-state index in [1.807, 2.05) is 48.5 Å². The number of hydrogen-bond acceptors (Lipinski definition) is 2. The van der Waals surface area contributed by atoms with Crippen LogP contribution >= 0.6 is 15.9 Å². The lowest BCUT2D eigenvalue weighted by molar-refractivity contribution is -0.143. The first kappa shape index (κ1) is 16.5. The average Bonchev–Trinajstić information content (AvgIpc) is 3.24. The molecule has 1 heterocycles. The van der Waals surface area contributed by atoms with Gasteiger partial charge in [0.05, 0.1) is 18.4 Å². The molecule has 2 aromatic carbocycles. The number of rotatable bonds is 4. The Morgan fingerprint density at radius 3 is 2.20 bits per heavy atom. The number of fused-ring (bicyclic) bond motifs is 1. The Kier molecular flexibility index (Phi) is 3.84. The Balaban J connectivity index is 1.67. The van der Waals surface area contributed by atoms with Crippen LogP contribution < -0.4 is 0 Å². The predicted octanol–water partition coefficient (Wildman–Crippen LogP) is 4.16. The normalized spacial score (nSPS) is 27.8. The molecule has 3 nitrogen and oxygen atoms in total. The van der Waals surface area contributed by atoms with E-state index >= 15 is 0 Å². The first-order chi connectivity index (χ1) is 12.0. The van der Waals surface area contributed by atoms with Gasteiger partial charge in [0.25, 0.3) is 0 Å². The Morgan fingerprint density at radius 2 is 1.64 bits per heavy atom. The molecule has 4 heteroatoms. The second kappa shape index (κ2) is 5.80. The molecule has 0 aromatic heterocycles. The summed E-state index contributed by atoms with van der Waals surface area (Å²) in [6.07, 6.45) is 0. The number of halogens is 1. The van der Waals surface area contributed by atoms with E-state index in [1.165, 1.54) is 4.90 Å². The van der Waals surface area contributed by atoms with Crippen molar-refractivity contribution in [3.8, 4) is 0 Å². The molecule has 4 rings (SSSR count). The van der Waals surface area contributed by atoms with Gasteiger partial charge in [0.2, 0.25) is 11.8 Å². The fraction of sp³-hybridized carbons (Fsp3) is 0.333. The maximum Gasteiger partial charge on any atom is 0.234 e. The van der Waals surface area contributed by atoms with Crippen LogP contribution in [0.3, 0.4) is 0 Å². The second-order valence-corrected chi connectivity index (χ2v) is 8.22. The van der Waals surface area contributed by atoms with E-state index in [0.717, 1.165) is 15.6 Å². The molecule has 0 spiro atoms. The largest absolute Gasteiger partial charge is 0.278 e. The van der Waals surface area contributed by atoms with Crippen molar-refractivity contribution in [2.75, 3.05) is 0 Å². The molecule has 0 radical (unpaired) electrons. The smallest absolute Gasteiger partial charge is 0.234 e. The van der Waals surface area contributed by atoms with Crippen LogP contribution in [0.25, 0.3) is 0 Å². The van der Waals surface area contributed by atoms with Crippen molar-refractivity contribution < 1.29 is 9.59 Å². The molecule has 0 bridgehead atoms. The van der Waals surface area contributed by atoms with Crippen LogP contribution in [0.5, 0.6) is 0 Å². The average molecular weight is 398 g/mol. The molecule has 2 unspecified atom stereocenters. The van der Waals surface area contributed by atoms with Crippen LogP contribution in [0.1, 0.15) is 25.0 Å². The maximum atomic E-state index is 13.0. The lowest BCUT2D eigenvalue weighted by Crippen LogP contribution is -2.40. The Bertz CT molecular complexity index is 824. The van der Waals surface area contributed by atoms with Gasteiger partial charge in [0, 0.05) is 9.89 Å². The van der Waals surface area contributed by atoms with Gasteiger partial charge in [-0.05, 0) is 29.2 Å². The molecule has 0 N–H and O–H groups in total. The van der Waals surface area contributed by atoms with Crippen molar-refractivity contribution in [1.29, 1.82) is 0 Å². The van der Waals surface area contributed by atoms with Crippen LogP contribution in [-0.4, -0.2) is 16.7 Å². The van der Waals surface area contributed by atoms with Gasteiger partial charge in [0.15, 0.2) is 0 Å². The zero-order valence-corrected chi connectivity index (χ0v) is 15.9. The van der Waals surface area contributed by atoms with Crippen LogP contribution in [0.4, 0.5) is 0 Å². The quantitative estimate of drug-likeness (QED) is 0.726. The van der Waals surface area contributed by atoms with Gasteiger partial charge in [-0.1, -0.05) is 72.2 Å². The highest BCUT2D eigenvalue weighted by Gasteiger charge is 2.78. The number of likely N-dealkylation sites (tertiary alicyclic amines) is 1. The summed E-state index contributed by atoms with van der Waals surface area (Å²) in [6, 6.07) is 17.8. The topological polar surface area (TPSA) is 37.4 Å². The molecule has 2 aromatic rings. The summed E-state index contributed by atoms with van der Waals surface area (Å²) >= 11 is 3.52.